The Labute approximate surface area is 242 Å². The topological polar surface area (TPSA) is 100 Å². The molecule has 0 unspecified atom stereocenters. The maximum Gasteiger partial charge on any atom is 0.338 e. The van der Waals surface area contributed by atoms with E-state index in [0.717, 1.165) is 0 Å². The zero-order chi connectivity index (χ0) is 28.6. The number of methoxy groups -OCH3 is 1. The third-order valence-corrected chi connectivity index (χ3v) is 7.73. The van der Waals surface area contributed by atoms with Gasteiger partial charge in [-0.1, -0.05) is 46.7 Å². The highest BCUT2D eigenvalue weighted by Crippen LogP contribution is 2.32. The molecule has 2 aromatic heterocycles. The summed E-state index contributed by atoms with van der Waals surface area (Å²) >= 11 is 13.4. The molecular formula is C29H22Cl2N2O6S. The second-order valence-electron chi connectivity index (χ2n) is 8.74. The first-order valence-electron chi connectivity index (χ1n) is 12.1. The molecule has 3 heterocycles. The Morgan fingerprint density at radius 2 is 1.80 bits per heavy atom. The van der Waals surface area contributed by atoms with Gasteiger partial charge in [0.15, 0.2) is 4.80 Å². The molecule has 1 aliphatic heterocycles. The van der Waals surface area contributed by atoms with Crippen LogP contribution in [0.5, 0.6) is 0 Å². The molecule has 0 saturated heterocycles. The Morgan fingerprint density at radius 1 is 1.07 bits per heavy atom. The van der Waals surface area contributed by atoms with Crippen LogP contribution in [0.4, 0.5) is 0 Å². The molecule has 1 aliphatic rings. The van der Waals surface area contributed by atoms with Gasteiger partial charge in [-0.3, -0.25) is 9.36 Å². The van der Waals surface area contributed by atoms with E-state index >= 15 is 0 Å². The summed E-state index contributed by atoms with van der Waals surface area (Å²) in [6, 6.07) is 14.3. The van der Waals surface area contributed by atoms with Crippen LogP contribution < -0.4 is 14.9 Å². The second-order valence-corrected chi connectivity index (χ2v) is 10.6. The highest BCUT2D eigenvalue weighted by atomic mass is 35.5. The third-order valence-electron chi connectivity index (χ3n) is 6.26. The van der Waals surface area contributed by atoms with Crippen LogP contribution in [0.15, 0.2) is 80.1 Å². The van der Waals surface area contributed by atoms with Gasteiger partial charge in [0.05, 0.1) is 41.1 Å². The zero-order valence-electron chi connectivity index (χ0n) is 21.6. The summed E-state index contributed by atoms with van der Waals surface area (Å²) in [5.41, 5.74) is 1.82. The maximum absolute atomic E-state index is 13.8. The van der Waals surface area contributed by atoms with Crippen molar-refractivity contribution in [2.24, 2.45) is 4.99 Å². The van der Waals surface area contributed by atoms with E-state index in [1.54, 1.807) is 74.5 Å². The van der Waals surface area contributed by atoms with Gasteiger partial charge in [0.25, 0.3) is 5.56 Å². The molecule has 2 aromatic carbocycles. The molecule has 0 bridgehead atoms. The molecule has 0 spiro atoms. The first-order valence-corrected chi connectivity index (χ1v) is 13.7. The van der Waals surface area contributed by atoms with Crippen LogP contribution in [-0.2, 0) is 14.3 Å². The van der Waals surface area contributed by atoms with Gasteiger partial charge in [0.1, 0.15) is 11.5 Å². The summed E-state index contributed by atoms with van der Waals surface area (Å²) in [7, 11) is 1.29. The number of halogens is 2. The van der Waals surface area contributed by atoms with Gasteiger partial charge >= 0.3 is 11.9 Å². The van der Waals surface area contributed by atoms with Gasteiger partial charge in [0.2, 0.25) is 0 Å². The number of thiazole rings is 1. The smallest absolute Gasteiger partial charge is 0.338 e. The number of aromatic nitrogens is 1. The Hall–Kier alpha value is -3.92. The molecule has 4 aromatic rings. The summed E-state index contributed by atoms with van der Waals surface area (Å²) < 4.78 is 18.0. The lowest BCUT2D eigenvalue weighted by molar-refractivity contribution is -0.139. The fourth-order valence-corrected chi connectivity index (χ4v) is 5.79. The van der Waals surface area contributed by atoms with Gasteiger partial charge in [-0.05, 0) is 61.9 Å². The highest BCUT2D eigenvalue weighted by Gasteiger charge is 2.33. The molecule has 8 nitrogen and oxygen atoms in total. The second kappa shape index (κ2) is 11.3. The summed E-state index contributed by atoms with van der Waals surface area (Å²) in [5, 5.41) is 0.946. The van der Waals surface area contributed by atoms with Gasteiger partial charge in [-0.2, -0.15) is 0 Å². The molecule has 0 fully saturated rings. The summed E-state index contributed by atoms with van der Waals surface area (Å²) in [5.74, 6) is -0.327. The van der Waals surface area contributed by atoms with Crippen LogP contribution in [0.1, 0.15) is 41.6 Å². The number of carbonyl (C=O) groups is 2. The van der Waals surface area contributed by atoms with E-state index in [0.29, 0.717) is 47.7 Å². The number of furan rings is 1. The number of rotatable bonds is 6. The number of benzene rings is 2. The molecular weight excluding hydrogens is 575 g/mol. The minimum atomic E-state index is -0.754. The largest absolute Gasteiger partial charge is 0.465 e. The number of ether oxygens (including phenoxy) is 2. The van der Waals surface area contributed by atoms with E-state index < -0.39 is 18.0 Å². The first kappa shape index (κ1) is 27.6. The van der Waals surface area contributed by atoms with E-state index in [1.165, 1.54) is 23.0 Å². The van der Waals surface area contributed by atoms with E-state index in [4.69, 9.17) is 37.1 Å². The molecule has 1 atom stereocenters. The van der Waals surface area contributed by atoms with E-state index in [9.17, 15) is 14.4 Å². The van der Waals surface area contributed by atoms with E-state index in [-0.39, 0.29) is 23.3 Å². The van der Waals surface area contributed by atoms with Crippen LogP contribution in [0.25, 0.3) is 17.4 Å². The van der Waals surface area contributed by atoms with Gasteiger partial charge < -0.3 is 13.9 Å². The quantitative estimate of drug-likeness (QED) is 0.285. The lowest BCUT2D eigenvalue weighted by atomic mass is 9.96. The summed E-state index contributed by atoms with van der Waals surface area (Å²) in [6.07, 6.45) is 1.60. The molecule has 11 heteroatoms. The Kier molecular flexibility index (Phi) is 7.80. The monoisotopic (exact) mass is 596 g/mol. The third kappa shape index (κ3) is 5.15. The minimum Gasteiger partial charge on any atom is -0.465 e. The number of nitrogens with zero attached hydrogens (tertiary/aromatic N) is 2. The van der Waals surface area contributed by atoms with Crippen LogP contribution in [0, 0.1) is 0 Å². The standard InChI is InChI=1S/C29H22Cl2N2O6S/c1-4-38-28(36)24-15(2)32-29-33(25(24)16-5-7-17(30)8-6-16)26(34)23(40-29)14-19-10-12-22(39-19)21-13-18(31)9-11-20(21)27(35)37-3/h5-14,25H,4H2,1-3H3/b23-14+/t25-/m1/s1. The predicted molar refractivity (Wildman–Crippen MR) is 152 cm³/mol. The Balaban J connectivity index is 1.63. The van der Waals surface area contributed by atoms with Crippen LogP contribution in [-0.4, -0.2) is 30.2 Å². The van der Waals surface area contributed by atoms with Gasteiger partial charge in [-0.25, -0.2) is 14.6 Å². The Morgan fingerprint density at radius 3 is 2.50 bits per heavy atom. The minimum absolute atomic E-state index is 0.179. The molecule has 0 amide bonds. The van der Waals surface area contributed by atoms with Crippen molar-refractivity contribution in [3.63, 3.8) is 0 Å². The molecule has 204 valence electrons. The summed E-state index contributed by atoms with van der Waals surface area (Å²) in [6.45, 7) is 3.61. The molecule has 40 heavy (non-hydrogen) atoms. The number of fused-ring (bicyclic) bond motifs is 1. The number of hydrogen-bond acceptors (Lipinski definition) is 8. The lowest BCUT2D eigenvalue weighted by Gasteiger charge is -2.24. The van der Waals surface area contributed by atoms with Crippen LogP contribution >= 0.6 is 34.5 Å². The van der Waals surface area contributed by atoms with E-state index in [1.807, 2.05) is 0 Å². The normalized spacial score (nSPS) is 15.0. The van der Waals surface area contributed by atoms with Crippen molar-refractivity contribution in [1.82, 2.24) is 4.57 Å². The molecule has 0 radical (unpaired) electrons. The van der Waals surface area contributed by atoms with Crippen molar-refractivity contribution >= 4 is 52.6 Å². The first-order chi connectivity index (χ1) is 19.2. The molecule has 0 N–H and O–H groups in total. The zero-order valence-corrected chi connectivity index (χ0v) is 23.9. The van der Waals surface area contributed by atoms with Crippen molar-refractivity contribution in [2.45, 2.75) is 19.9 Å². The average Bonchev–Trinajstić information content (AvgIpc) is 3.52. The summed E-state index contributed by atoms with van der Waals surface area (Å²) in [4.78, 5) is 44.0. The average molecular weight is 597 g/mol. The van der Waals surface area contributed by atoms with Gasteiger partial charge in [-0.15, -0.1) is 0 Å². The Bertz CT molecular complexity index is 1850. The van der Waals surface area contributed by atoms with Crippen molar-refractivity contribution in [3.05, 3.63) is 112 Å². The van der Waals surface area contributed by atoms with Crippen molar-refractivity contribution in [1.29, 1.82) is 0 Å². The van der Waals surface area contributed by atoms with Crippen molar-refractivity contribution in [2.75, 3.05) is 13.7 Å². The molecule has 0 saturated carbocycles. The lowest BCUT2D eigenvalue weighted by Crippen LogP contribution is -2.39. The molecule has 0 aliphatic carbocycles. The molecule has 5 rings (SSSR count). The number of allylic oxidation sites excluding steroid dienone is 1. The SMILES string of the molecule is CCOC(=O)C1=C(C)N=c2s/c(=C/c3ccc(-c4cc(Cl)ccc4C(=O)OC)o3)c(=O)n2[C@@H]1c1ccc(Cl)cc1. The fourth-order valence-electron chi connectivity index (χ4n) is 4.46. The predicted octanol–water partition coefficient (Wildman–Crippen LogP) is 5.15. The van der Waals surface area contributed by atoms with Crippen molar-refractivity contribution < 1.29 is 23.5 Å². The van der Waals surface area contributed by atoms with Crippen LogP contribution in [0.2, 0.25) is 10.0 Å². The van der Waals surface area contributed by atoms with Crippen molar-refractivity contribution in [3.8, 4) is 11.3 Å². The maximum atomic E-state index is 13.8. The fraction of sp³-hybridized carbons (Fsp3) is 0.172. The number of hydrogen-bond donors (Lipinski definition) is 0. The number of carbonyl (C=O) groups excluding carboxylic acids is 2. The van der Waals surface area contributed by atoms with Gasteiger partial charge in [0, 0.05) is 21.7 Å². The van der Waals surface area contributed by atoms with Crippen LogP contribution in [0.3, 0.4) is 0 Å². The highest BCUT2D eigenvalue weighted by molar-refractivity contribution is 7.07. The number of esters is 2. The van der Waals surface area contributed by atoms with E-state index in [2.05, 4.69) is 4.99 Å².